The molecule has 2 unspecified atom stereocenters. The molecule has 0 N–H and O–H groups in total. The first-order valence-corrected chi connectivity index (χ1v) is 9.32. The molecule has 1 saturated carbocycles. The van der Waals surface area contributed by atoms with Crippen molar-refractivity contribution in [2.45, 2.75) is 39.0 Å². The first-order chi connectivity index (χ1) is 10.7. The fourth-order valence-electron chi connectivity index (χ4n) is 4.41. The number of likely N-dealkylation sites (tertiary alicyclic amines) is 1. The van der Waals surface area contributed by atoms with E-state index in [-0.39, 0.29) is 5.92 Å². The lowest BCUT2D eigenvalue weighted by Gasteiger charge is -2.33. The van der Waals surface area contributed by atoms with Gasteiger partial charge < -0.3 is 9.80 Å². The number of nitrogens with zero attached hydrogens (tertiary/aromatic N) is 4. The van der Waals surface area contributed by atoms with Crippen molar-refractivity contribution in [3.05, 3.63) is 5.82 Å². The zero-order valence-corrected chi connectivity index (χ0v) is 14.0. The summed E-state index contributed by atoms with van der Waals surface area (Å²) in [6.07, 6.45) is 5.97. The zero-order chi connectivity index (χ0) is 15.1. The van der Waals surface area contributed by atoms with Crippen LogP contribution in [0.4, 0.5) is 5.13 Å². The summed E-state index contributed by atoms with van der Waals surface area (Å²) in [7, 11) is 0. The summed E-state index contributed by atoms with van der Waals surface area (Å²) in [4.78, 5) is 21.7. The zero-order valence-electron chi connectivity index (χ0n) is 13.2. The molecule has 2 saturated heterocycles. The standard InChI is InChI=1S/C16H24N4OS/c1-11-17-16(22-18-11)19-7-5-12(6-8-19)15(21)20-9-13-3-2-4-14(13)10-20/h12-14H,2-10H2,1H3. The van der Waals surface area contributed by atoms with Crippen molar-refractivity contribution in [2.24, 2.45) is 17.8 Å². The van der Waals surface area contributed by atoms with Gasteiger partial charge in [0.2, 0.25) is 11.0 Å². The minimum atomic E-state index is 0.226. The average molecular weight is 320 g/mol. The van der Waals surface area contributed by atoms with Gasteiger partial charge in [-0.15, -0.1) is 0 Å². The van der Waals surface area contributed by atoms with E-state index in [0.717, 1.165) is 61.8 Å². The summed E-state index contributed by atoms with van der Waals surface area (Å²) in [5.41, 5.74) is 0. The number of aryl methyl sites for hydroxylation is 1. The minimum absolute atomic E-state index is 0.226. The number of piperidine rings is 1. The summed E-state index contributed by atoms with van der Waals surface area (Å²) in [5, 5.41) is 1.01. The lowest BCUT2D eigenvalue weighted by atomic mass is 9.95. The van der Waals surface area contributed by atoms with Crippen molar-refractivity contribution in [2.75, 3.05) is 31.1 Å². The van der Waals surface area contributed by atoms with E-state index in [2.05, 4.69) is 19.2 Å². The van der Waals surface area contributed by atoms with E-state index >= 15 is 0 Å². The topological polar surface area (TPSA) is 49.3 Å². The summed E-state index contributed by atoms with van der Waals surface area (Å²) >= 11 is 1.47. The Balaban J connectivity index is 1.32. The van der Waals surface area contributed by atoms with Gasteiger partial charge in [0.05, 0.1) is 0 Å². The van der Waals surface area contributed by atoms with Gasteiger partial charge in [0, 0.05) is 43.6 Å². The number of anilines is 1. The average Bonchev–Trinajstić information content (AvgIpc) is 3.22. The van der Waals surface area contributed by atoms with Crippen molar-refractivity contribution in [1.82, 2.24) is 14.3 Å². The first-order valence-electron chi connectivity index (χ1n) is 8.55. The number of carbonyl (C=O) groups excluding carboxylic acids is 1. The highest BCUT2D eigenvalue weighted by molar-refractivity contribution is 7.09. The Labute approximate surface area is 135 Å². The molecule has 1 aromatic heterocycles. The second kappa shape index (κ2) is 5.80. The number of hydrogen-bond acceptors (Lipinski definition) is 5. The van der Waals surface area contributed by atoms with Crippen molar-refractivity contribution < 1.29 is 4.79 Å². The molecule has 0 aromatic carbocycles. The van der Waals surface area contributed by atoms with E-state index in [1.807, 2.05) is 6.92 Å². The van der Waals surface area contributed by atoms with Crippen LogP contribution in [-0.4, -0.2) is 46.3 Å². The lowest BCUT2D eigenvalue weighted by Crippen LogP contribution is -2.42. The summed E-state index contributed by atoms with van der Waals surface area (Å²) in [6.45, 7) is 5.86. The summed E-state index contributed by atoms with van der Waals surface area (Å²) < 4.78 is 4.26. The number of fused-ring (bicyclic) bond motifs is 1. The third-order valence-corrected chi connectivity index (χ3v) is 6.54. The predicted molar refractivity (Wildman–Crippen MR) is 87.0 cm³/mol. The molecule has 22 heavy (non-hydrogen) atoms. The van der Waals surface area contributed by atoms with E-state index in [1.54, 1.807) is 0 Å². The van der Waals surface area contributed by atoms with Crippen LogP contribution in [0.25, 0.3) is 0 Å². The normalized spacial score (nSPS) is 29.1. The van der Waals surface area contributed by atoms with Gasteiger partial charge in [-0.1, -0.05) is 6.42 Å². The third kappa shape index (κ3) is 2.62. The van der Waals surface area contributed by atoms with Crippen molar-refractivity contribution >= 4 is 22.6 Å². The Bertz CT molecular complexity index is 540. The Morgan fingerprint density at radius 3 is 2.41 bits per heavy atom. The van der Waals surface area contributed by atoms with Crippen LogP contribution in [0, 0.1) is 24.7 Å². The van der Waals surface area contributed by atoms with E-state index in [4.69, 9.17) is 0 Å². The predicted octanol–water partition coefficient (Wildman–Crippen LogP) is 2.32. The Morgan fingerprint density at radius 2 is 1.82 bits per heavy atom. The quantitative estimate of drug-likeness (QED) is 0.839. The molecule has 3 aliphatic rings. The van der Waals surface area contributed by atoms with Crippen molar-refractivity contribution in [1.29, 1.82) is 0 Å². The van der Waals surface area contributed by atoms with Crippen LogP contribution in [0.1, 0.15) is 37.9 Å². The van der Waals surface area contributed by atoms with Gasteiger partial charge in [0.25, 0.3) is 0 Å². The third-order valence-electron chi connectivity index (χ3n) is 5.67. The summed E-state index contributed by atoms with van der Waals surface area (Å²) in [5.74, 6) is 3.09. The van der Waals surface area contributed by atoms with Crippen LogP contribution in [-0.2, 0) is 4.79 Å². The molecule has 2 aliphatic heterocycles. The maximum absolute atomic E-state index is 12.8. The molecule has 6 heteroatoms. The molecular formula is C16H24N4OS. The second-order valence-electron chi connectivity index (χ2n) is 7.08. The molecule has 0 radical (unpaired) electrons. The first kappa shape index (κ1) is 14.4. The SMILES string of the molecule is Cc1nsc(N2CCC(C(=O)N3CC4CCCC4C3)CC2)n1. The molecule has 0 bridgehead atoms. The van der Waals surface area contributed by atoms with Crippen molar-refractivity contribution in [3.63, 3.8) is 0 Å². The van der Waals surface area contributed by atoms with E-state index < -0.39 is 0 Å². The molecule has 3 heterocycles. The highest BCUT2D eigenvalue weighted by Crippen LogP contribution is 2.38. The van der Waals surface area contributed by atoms with Crippen molar-refractivity contribution in [3.8, 4) is 0 Å². The highest BCUT2D eigenvalue weighted by Gasteiger charge is 2.40. The fourth-order valence-corrected chi connectivity index (χ4v) is 5.13. The van der Waals surface area contributed by atoms with Gasteiger partial charge in [-0.2, -0.15) is 4.37 Å². The Morgan fingerprint density at radius 1 is 1.14 bits per heavy atom. The second-order valence-corrected chi connectivity index (χ2v) is 7.81. The minimum Gasteiger partial charge on any atom is -0.347 e. The maximum atomic E-state index is 12.8. The molecule has 2 atom stereocenters. The molecular weight excluding hydrogens is 296 g/mol. The molecule has 3 fully saturated rings. The van der Waals surface area contributed by atoms with E-state index in [1.165, 1.54) is 30.8 Å². The molecule has 0 spiro atoms. The number of rotatable bonds is 2. The van der Waals surface area contributed by atoms with Gasteiger partial charge in [-0.05, 0) is 44.4 Å². The van der Waals surface area contributed by atoms with Gasteiger partial charge in [-0.25, -0.2) is 4.98 Å². The van der Waals surface area contributed by atoms with Gasteiger partial charge in [0.1, 0.15) is 5.82 Å². The monoisotopic (exact) mass is 320 g/mol. The molecule has 1 aliphatic carbocycles. The largest absolute Gasteiger partial charge is 0.347 e. The smallest absolute Gasteiger partial charge is 0.225 e. The molecule has 1 aromatic rings. The van der Waals surface area contributed by atoms with Crippen LogP contribution in [0.15, 0.2) is 0 Å². The van der Waals surface area contributed by atoms with Gasteiger partial charge in [-0.3, -0.25) is 4.79 Å². The molecule has 120 valence electrons. The van der Waals surface area contributed by atoms with Crippen LogP contribution in [0.5, 0.6) is 0 Å². The van der Waals surface area contributed by atoms with Crippen LogP contribution < -0.4 is 4.90 Å². The van der Waals surface area contributed by atoms with E-state index in [9.17, 15) is 4.79 Å². The number of hydrogen-bond donors (Lipinski definition) is 0. The lowest BCUT2D eigenvalue weighted by molar-refractivity contribution is -0.135. The number of aromatic nitrogens is 2. The number of carbonyl (C=O) groups is 1. The van der Waals surface area contributed by atoms with Crippen LogP contribution >= 0.6 is 11.5 Å². The summed E-state index contributed by atoms with van der Waals surface area (Å²) in [6, 6.07) is 0. The Hall–Kier alpha value is -1.17. The van der Waals surface area contributed by atoms with Crippen LogP contribution in [0.2, 0.25) is 0 Å². The Kier molecular flexibility index (Phi) is 3.80. The molecule has 4 rings (SSSR count). The molecule has 5 nitrogen and oxygen atoms in total. The van der Waals surface area contributed by atoms with E-state index in [0.29, 0.717) is 5.91 Å². The van der Waals surface area contributed by atoms with Crippen LogP contribution in [0.3, 0.4) is 0 Å². The number of amides is 1. The van der Waals surface area contributed by atoms with Gasteiger partial charge in [0.15, 0.2) is 0 Å². The molecule has 1 amide bonds. The highest BCUT2D eigenvalue weighted by atomic mass is 32.1. The fraction of sp³-hybridized carbons (Fsp3) is 0.812. The maximum Gasteiger partial charge on any atom is 0.225 e. The van der Waals surface area contributed by atoms with Gasteiger partial charge >= 0.3 is 0 Å².